The van der Waals surface area contributed by atoms with Crippen molar-refractivity contribution < 1.29 is 4.79 Å². The van der Waals surface area contributed by atoms with Crippen LogP contribution in [0.4, 0.5) is 5.82 Å². The number of halogens is 1. The lowest BCUT2D eigenvalue weighted by Gasteiger charge is -2.15. The number of benzene rings is 1. The maximum atomic E-state index is 12.0. The molecular formula is C14H14ClN3O. The number of hydrogen-bond donors (Lipinski definition) is 2. The maximum absolute atomic E-state index is 12.0. The van der Waals surface area contributed by atoms with Gasteiger partial charge in [0.05, 0.1) is 11.6 Å². The van der Waals surface area contributed by atoms with Gasteiger partial charge in [0.15, 0.2) is 0 Å². The summed E-state index contributed by atoms with van der Waals surface area (Å²) in [7, 11) is 0. The highest BCUT2D eigenvalue weighted by Gasteiger charge is 2.13. The summed E-state index contributed by atoms with van der Waals surface area (Å²) in [6.07, 6.45) is 1.45. The number of carbonyl (C=O) groups excluding carboxylic acids is 1. The molecule has 1 amide bonds. The summed E-state index contributed by atoms with van der Waals surface area (Å²) in [5.41, 5.74) is 6.82. The largest absolute Gasteiger partial charge is 0.384 e. The number of pyridine rings is 1. The number of nitrogens with zero attached hydrogens (tertiary/aromatic N) is 1. The van der Waals surface area contributed by atoms with E-state index in [4.69, 9.17) is 17.3 Å². The van der Waals surface area contributed by atoms with Gasteiger partial charge in [-0.05, 0) is 30.7 Å². The van der Waals surface area contributed by atoms with Crippen LogP contribution in [0.15, 0.2) is 42.6 Å². The van der Waals surface area contributed by atoms with Crippen LogP contribution in [0.2, 0.25) is 5.02 Å². The van der Waals surface area contributed by atoms with E-state index in [0.29, 0.717) is 16.4 Å². The molecule has 2 aromatic rings. The second-order valence-electron chi connectivity index (χ2n) is 4.19. The van der Waals surface area contributed by atoms with E-state index in [2.05, 4.69) is 10.3 Å². The lowest BCUT2D eigenvalue weighted by molar-refractivity contribution is 0.0939. The third-order valence-corrected chi connectivity index (χ3v) is 3.11. The SMILES string of the molecule is CC(NC(=O)c1ccc(N)nc1)c1ccccc1Cl. The highest BCUT2D eigenvalue weighted by molar-refractivity contribution is 6.31. The molecule has 98 valence electrons. The van der Waals surface area contributed by atoms with E-state index in [0.717, 1.165) is 5.56 Å². The number of carbonyl (C=O) groups is 1. The van der Waals surface area contributed by atoms with Gasteiger partial charge in [-0.2, -0.15) is 0 Å². The summed E-state index contributed by atoms with van der Waals surface area (Å²) in [4.78, 5) is 15.9. The van der Waals surface area contributed by atoms with Crippen molar-refractivity contribution in [2.75, 3.05) is 5.73 Å². The van der Waals surface area contributed by atoms with Crippen LogP contribution in [0.5, 0.6) is 0 Å². The molecule has 0 fully saturated rings. The van der Waals surface area contributed by atoms with Gasteiger partial charge in [-0.25, -0.2) is 4.98 Å². The van der Waals surface area contributed by atoms with Gasteiger partial charge in [0.1, 0.15) is 5.82 Å². The Hall–Kier alpha value is -2.07. The molecule has 1 atom stereocenters. The van der Waals surface area contributed by atoms with Crippen LogP contribution in [0.1, 0.15) is 28.9 Å². The molecule has 0 radical (unpaired) electrons. The average molecular weight is 276 g/mol. The summed E-state index contributed by atoms with van der Waals surface area (Å²) in [6, 6.07) is 10.5. The second-order valence-corrected chi connectivity index (χ2v) is 4.60. The molecule has 4 nitrogen and oxygen atoms in total. The molecule has 19 heavy (non-hydrogen) atoms. The van der Waals surface area contributed by atoms with E-state index in [9.17, 15) is 4.79 Å². The predicted molar refractivity (Wildman–Crippen MR) is 76.0 cm³/mol. The molecule has 0 aliphatic heterocycles. The van der Waals surface area contributed by atoms with Crippen molar-refractivity contribution in [2.24, 2.45) is 0 Å². The van der Waals surface area contributed by atoms with Crippen molar-refractivity contribution in [3.63, 3.8) is 0 Å². The summed E-state index contributed by atoms with van der Waals surface area (Å²) < 4.78 is 0. The average Bonchev–Trinajstić information content (AvgIpc) is 2.39. The van der Waals surface area contributed by atoms with Crippen LogP contribution in [0.25, 0.3) is 0 Å². The number of aromatic nitrogens is 1. The number of anilines is 1. The maximum Gasteiger partial charge on any atom is 0.253 e. The lowest BCUT2D eigenvalue weighted by Crippen LogP contribution is -2.26. The smallest absolute Gasteiger partial charge is 0.253 e. The van der Waals surface area contributed by atoms with Gasteiger partial charge in [0.25, 0.3) is 5.91 Å². The monoisotopic (exact) mass is 275 g/mol. The van der Waals surface area contributed by atoms with Crippen LogP contribution in [0, 0.1) is 0 Å². The van der Waals surface area contributed by atoms with E-state index >= 15 is 0 Å². The van der Waals surface area contributed by atoms with Gasteiger partial charge < -0.3 is 11.1 Å². The van der Waals surface area contributed by atoms with Crippen LogP contribution >= 0.6 is 11.6 Å². The number of hydrogen-bond acceptors (Lipinski definition) is 3. The van der Waals surface area contributed by atoms with Gasteiger partial charge in [-0.15, -0.1) is 0 Å². The molecule has 1 heterocycles. The van der Waals surface area contributed by atoms with Gasteiger partial charge in [-0.3, -0.25) is 4.79 Å². The molecule has 2 rings (SSSR count). The predicted octanol–water partition coefficient (Wildman–Crippen LogP) is 2.81. The van der Waals surface area contributed by atoms with Gasteiger partial charge in [0.2, 0.25) is 0 Å². The summed E-state index contributed by atoms with van der Waals surface area (Å²) in [5, 5.41) is 3.50. The molecule has 0 saturated carbocycles. The Bertz CT molecular complexity index is 583. The fraction of sp³-hybridized carbons (Fsp3) is 0.143. The Morgan fingerprint density at radius 2 is 2.05 bits per heavy atom. The van der Waals surface area contributed by atoms with Crippen molar-refractivity contribution in [3.05, 3.63) is 58.7 Å². The first-order chi connectivity index (χ1) is 9.08. The number of amides is 1. The minimum atomic E-state index is -0.208. The number of nitrogens with one attached hydrogen (secondary N) is 1. The number of rotatable bonds is 3. The van der Waals surface area contributed by atoms with Crippen molar-refractivity contribution in [1.82, 2.24) is 10.3 Å². The minimum absolute atomic E-state index is 0.182. The van der Waals surface area contributed by atoms with Gasteiger partial charge in [0, 0.05) is 11.2 Å². The summed E-state index contributed by atoms with van der Waals surface area (Å²) in [6.45, 7) is 1.88. The first kappa shape index (κ1) is 13.4. The molecule has 0 aliphatic rings. The Morgan fingerprint density at radius 1 is 1.32 bits per heavy atom. The molecule has 5 heteroatoms. The van der Waals surface area contributed by atoms with Gasteiger partial charge in [-0.1, -0.05) is 29.8 Å². The highest BCUT2D eigenvalue weighted by Crippen LogP contribution is 2.22. The zero-order valence-corrected chi connectivity index (χ0v) is 11.2. The first-order valence-electron chi connectivity index (χ1n) is 5.84. The summed E-state index contributed by atoms with van der Waals surface area (Å²) >= 11 is 6.09. The van der Waals surface area contributed by atoms with E-state index in [1.165, 1.54) is 6.20 Å². The zero-order valence-electron chi connectivity index (χ0n) is 10.4. The number of nitrogen functional groups attached to an aromatic ring is 1. The quantitative estimate of drug-likeness (QED) is 0.905. The molecule has 1 aromatic heterocycles. The third kappa shape index (κ3) is 3.23. The van der Waals surface area contributed by atoms with Crippen LogP contribution in [-0.2, 0) is 0 Å². The van der Waals surface area contributed by atoms with Crippen molar-refractivity contribution in [3.8, 4) is 0 Å². The standard InChI is InChI=1S/C14H14ClN3O/c1-9(11-4-2-3-5-12(11)15)18-14(19)10-6-7-13(16)17-8-10/h2-9H,1H3,(H2,16,17)(H,18,19). The number of nitrogens with two attached hydrogens (primary N) is 1. The lowest BCUT2D eigenvalue weighted by atomic mass is 10.1. The van der Waals surface area contributed by atoms with E-state index in [1.807, 2.05) is 25.1 Å². The molecule has 3 N–H and O–H groups in total. The van der Waals surface area contributed by atoms with Crippen LogP contribution < -0.4 is 11.1 Å². The van der Waals surface area contributed by atoms with Crippen molar-refractivity contribution in [1.29, 1.82) is 0 Å². The fourth-order valence-electron chi connectivity index (χ4n) is 1.72. The van der Waals surface area contributed by atoms with E-state index in [1.54, 1.807) is 18.2 Å². The Kier molecular flexibility index (Phi) is 4.02. The molecule has 0 bridgehead atoms. The van der Waals surface area contributed by atoms with Gasteiger partial charge >= 0.3 is 0 Å². The topological polar surface area (TPSA) is 68.0 Å². The third-order valence-electron chi connectivity index (χ3n) is 2.77. The van der Waals surface area contributed by atoms with Crippen molar-refractivity contribution >= 4 is 23.3 Å². The first-order valence-corrected chi connectivity index (χ1v) is 6.22. The van der Waals surface area contributed by atoms with E-state index in [-0.39, 0.29) is 11.9 Å². The van der Waals surface area contributed by atoms with Crippen LogP contribution in [-0.4, -0.2) is 10.9 Å². The Morgan fingerprint density at radius 3 is 2.68 bits per heavy atom. The van der Waals surface area contributed by atoms with Crippen molar-refractivity contribution in [2.45, 2.75) is 13.0 Å². The Balaban J connectivity index is 2.11. The minimum Gasteiger partial charge on any atom is -0.384 e. The highest BCUT2D eigenvalue weighted by atomic mass is 35.5. The molecule has 0 saturated heterocycles. The second kappa shape index (κ2) is 5.71. The zero-order chi connectivity index (χ0) is 13.8. The van der Waals surface area contributed by atoms with E-state index < -0.39 is 0 Å². The molecular weight excluding hydrogens is 262 g/mol. The molecule has 0 spiro atoms. The summed E-state index contributed by atoms with van der Waals surface area (Å²) in [5.74, 6) is 0.177. The normalized spacial score (nSPS) is 11.9. The molecule has 1 unspecified atom stereocenters. The van der Waals surface area contributed by atoms with Crippen LogP contribution in [0.3, 0.4) is 0 Å². The fourth-order valence-corrected chi connectivity index (χ4v) is 2.02. The molecule has 0 aliphatic carbocycles. The molecule has 1 aromatic carbocycles. The Labute approximate surface area is 116 Å².